The number of ketones is 1. The third kappa shape index (κ3) is 9.50. The number of unbranched alkanes of at least 4 members (excludes halogenated alkanes) is 2. The van der Waals surface area contributed by atoms with Crippen molar-refractivity contribution in [2.45, 2.75) is 39.0 Å². The van der Waals surface area contributed by atoms with Gasteiger partial charge in [-0.3, -0.25) is 4.79 Å². The zero-order chi connectivity index (χ0) is 9.94. The molecule has 0 aliphatic rings. The van der Waals surface area contributed by atoms with E-state index in [1.165, 1.54) is 0 Å². The van der Waals surface area contributed by atoms with Crippen LogP contribution in [0.3, 0.4) is 0 Å². The normalized spacial score (nSPS) is 10.3. The Hall–Kier alpha value is -0.410. The Morgan fingerprint density at radius 2 is 2.00 bits per heavy atom. The van der Waals surface area contributed by atoms with E-state index in [-0.39, 0.29) is 5.78 Å². The van der Waals surface area contributed by atoms with Crippen molar-refractivity contribution in [3.05, 3.63) is 0 Å². The summed E-state index contributed by atoms with van der Waals surface area (Å²) in [6.45, 7) is 3.98. The summed E-state index contributed by atoms with van der Waals surface area (Å²) in [6.07, 6.45) is 4.43. The fourth-order valence-electron chi connectivity index (χ4n) is 0.990. The molecule has 0 aromatic carbocycles. The SMILES string of the molecule is CCC(=O)CCOCCCCCN. The quantitative estimate of drug-likeness (QED) is 0.556. The first-order valence-electron chi connectivity index (χ1n) is 5.10. The standard InChI is InChI=1S/C10H21NO2/c1-2-10(12)6-9-13-8-5-3-4-7-11/h2-9,11H2,1H3. The number of carbonyl (C=O) groups is 1. The minimum absolute atomic E-state index is 0.280. The maximum Gasteiger partial charge on any atom is 0.134 e. The van der Waals surface area contributed by atoms with Crippen molar-refractivity contribution in [3.8, 4) is 0 Å². The van der Waals surface area contributed by atoms with Crippen LogP contribution in [0.1, 0.15) is 39.0 Å². The molecule has 0 fully saturated rings. The van der Waals surface area contributed by atoms with Crippen LogP contribution in [0, 0.1) is 0 Å². The van der Waals surface area contributed by atoms with Gasteiger partial charge in [0.15, 0.2) is 0 Å². The van der Waals surface area contributed by atoms with E-state index in [0.717, 1.165) is 32.4 Å². The third-order valence-electron chi connectivity index (χ3n) is 1.91. The van der Waals surface area contributed by atoms with Gasteiger partial charge in [-0.05, 0) is 25.8 Å². The zero-order valence-electron chi connectivity index (χ0n) is 8.55. The first-order valence-corrected chi connectivity index (χ1v) is 5.10. The Labute approximate surface area is 80.6 Å². The predicted octanol–water partition coefficient (Wildman–Crippen LogP) is 1.50. The van der Waals surface area contributed by atoms with Crippen LogP contribution in [0.4, 0.5) is 0 Å². The summed E-state index contributed by atoms with van der Waals surface area (Å²) >= 11 is 0. The molecule has 3 nitrogen and oxygen atoms in total. The lowest BCUT2D eigenvalue weighted by molar-refractivity contribution is -0.119. The van der Waals surface area contributed by atoms with Gasteiger partial charge in [-0.25, -0.2) is 0 Å². The van der Waals surface area contributed by atoms with Crippen molar-refractivity contribution in [1.29, 1.82) is 0 Å². The summed E-state index contributed by atoms with van der Waals surface area (Å²) in [5.41, 5.74) is 5.34. The van der Waals surface area contributed by atoms with E-state index in [2.05, 4.69) is 0 Å². The van der Waals surface area contributed by atoms with Gasteiger partial charge in [0.1, 0.15) is 5.78 Å². The van der Waals surface area contributed by atoms with E-state index < -0.39 is 0 Å². The van der Waals surface area contributed by atoms with Crippen molar-refractivity contribution in [2.75, 3.05) is 19.8 Å². The lowest BCUT2D eigenvalue weighted by Crippen LogP contribution is -2.04. The van der Waals surface area contributed by atoms with Gasteiger partial charge in [0.05, 0.1) is 6.61 Å². The molecule has 0 bridgehead atoms. The lowest BCUT2D eigenvalue weighted by atomic mass is 10.2. The topological polar surface area (TPSA) is 52.3 Å². The third-order valence-corrected chi connectivity index (χ3v) is 1.91. The summed E-state index contributed by atoms with van der Waals surface area (Å²) in [4.78, 5) is 10.9. The number of nitrogens with two attached hydrogens (primary N) is 1. The number of carbonyl (C=O) groups excluding carboxylic acids is 1. The highest BCUT2D eigenvalue weighted by Crippen LogP contribution is 1.95. The van der Waals surface area contributed by atoms with E-state index in [4.69, 9.17) is 10.5 Å². The molecule has 2 N–H and O–H groups in total. The van der Waals surface area contributed by atoms with Gasteiger partial charge < -0.3 is 10.5 Å². The molecule has 0 unspecified atom stereocenters. The number of Topliss-reactive ketones (excluding diaryl/α,β-unsaturated/α-hetero) is 1. The highest BCUT2D eigenvalue weighted by Gasteiger charge is 1.96. The van der Waals surface area contributed by atoms with Gasteiger partial charge in [0.25, 0.3) is 0 Å². The first kappa shape index (κ1) is 12.6. The fraction of sp³-hybridized carbons (Fsp3) is 0.900. The predicted molar refractivity (Wildman–Crippen MR) is 53.6 cm³/mol. The molecule has 0 spiro atoms. The van der Waals surface area contributed by atoms with E-state index in [1.54, 1.807) is 0 Å². The van der Waals surface area contributed by atoms with Crippen LogP contribution in [0.2, 0.25) is 0 Å². The molecule has 0 atom stereocenters. The second-order valence-corrected chi connectivity index (χ2v) is 3.10. The second kappa shape index (κ2) is 9.68. The van der Waals surface area contributed by atoms with Gasteiger partial charge in [0, 0.05) is 19.4 Å². The van der Waals surface area contributed by atoms with Crippen molar-refractivity contribution in [2.24, 2.45) is 5.73 Å². The van der Waals surface area contributed by atoms with Gasteiger partial charge in [-0.1, -0.05) is 6.92 Å². The van der Waals surface area contributed by atoms with Crippen LogP contribution in [0.5, 0.6) is 0 Å². The molecule has 0 aromatic heterocycles. The summed E-state index contributed by atoms with van der Waals surface area (Å²) in [7, 11) is 0. The van der Waals surface area contributed by atoms with Crippen molar-refractivity contribution < 1.29 is 9.53 Å². The Bertz CT molecular complexity index is 126. The molecular formula is C10H21NO2. The number of hydrogen-bond acceptors (Lipinski definition) is 3. The summed E-state index contributed by atoms with van der Waals surface area (Å²) in [6, 6.07) is 0. The van der Waals surface area contributed by atoms with E-state index in [0.29, 0.717) is 19.4 Å². The van der Waals surface area contributed by atoms with Crippen molar-refractivity contribution >= 4 is 5.78 Å². The molecule has 13 heavy (non-hydrogen) atoms. The van der Waals surface area contributed by atoms with Crippen LogP contribution in [-0.4, -0.2) is 25.5 Å². The van der Waals surface area contributed by atoms with Crippen molar-refractivity contribution in [3.63, 3.8) is 0 Å². The molecule has 0 rings (SSSR count). The van der Waals surface area contributed by atoms with Crippen molar-refractivity contribution in [1.82, 2.24) is 0 Å². The summed E-state index contributed by atoms with van der Waals surface area (Å²) in [5.74, 6) is 0.280. The molecule has 78 valence electrons. The smallest absolute Gasteiger partial charge is 0.134 e. The first-order chi connectivity index (χ1) is 6.31. The molecule has 0 saturated carbocycles. The van der Waals surface area contributed by atoms with Crippen LogP contribution in [0.25, 0.3) is 0 Å². The fourth-order valence-corrected chi connectivity index (χ4v) is 0.990. The van der Waals surface area contributed by atoms with Gasteiger partial charge in [-0.15, -0.1) is 0 Å². The van der Waals surface area contributed by atoms with Crippen LogP contribution >= 0.6 is 0 Å². The van der Waals surface area contributed by atoms with Gasteiger partial charge >= 0.3 is 0 Å². The number of hydrogen-bond donors (Lipinski definition) is 1. The van der Waals surface area contributed by atoms with Gasteiger partial charge in [0.2, 0.25) is 0 Å². The van der Waals surface area contributed by atoms with Crippen LogP contribution in [0.15, 0.2) is 0 Å². The molecule has 0 radical (unpaired) electrons. The van der Waals surface area contributed by atoms with E-state index in [9.17, 15) is 4.79 Å². The Balaban J connectivity index is 2.95. The molecule has 0 saturated heterocycles. The van der Waals surface area contributed by atoms with E-state index >= 15 is 0 Å². The minimum Gasteiger partial charge on any atom is -0.381 e. The number of ether oxygens (including phenoxy) is 1. The molecule has 0 amide bonds. The molecular weight excluding hydrogens is 166 g/mol. The van der Waals surface area contributed by atoms with Crippen LogP contribution in [-0.2, 0) is 9.53 Å². The number of rotatable bonds is 9. The highest BCUT2D eigenvalue weighted by atomic mass is 16.5. The van der Waals surface area contributed by atoms with E-state index in [1.807, 2.05) is 6.92 Å². The molecule has 0 aliphatic heterocycles. The van der Waals surface area contributed by atoms with Gasteiger partial charge in [-0.2, -0.15) is 0 Å². The Kier molecular flexibility index (Phi) is 9.37. The lowest BCUT2D eigenvalue weighted by Gasteiger charge is -2.02. The monoisotopic (exact) mass is 187 g/mol. The average Bonchev–Trinajstić information content (AvgIpc) is 2.16. The Morgan fingerprint density at radius 1 is 1.23 bits per heavy atom. The maximum absolute atomic E-state index is 10.9. The molecule has 0 aliphatic carbocycles. The second-order valence-electron chi connectivity index (χ2n) is 3.10. The molecule has 0 aromatic rings. The largest absolute Gasteiger partial charge is 0.381 e. The zero-order valence-corrected chi connectivity index (χ0v) is 8.55. The molecule has 3 heteroatoms. The van der Waals surface area contributed by atoms with Crippen LogP contribution < -0.4 is 5.73 Å². The summed E-state index contributed by atoms with van der Waals surface area (Å²) in [5, 5.41) is 0. The molecule has 0 heterocycles. The Morgan fingerprint density at radius 3 is 2.62 bits per heavy atom. The maximum atomic E-state index is 10.9. The average molecular weight is 187 g/mol. The minimum atomic E-state index is 0.280. The highest BCUT2D eigenvalue weighted by molar-refractivity contribution is 5.78. The summed E-state index contributed by atoms with van der Waals surface area (Å²) < 4.78 is 5.29.